The highest BCUT2D eigenvalue weighted by Crippen LogP contribution is 2.33. The number of likely N-dealkylation sites (N-methyl/N-ethyl adjacent to an activating group) is 1. The van der Waals surface area contributed by atoms with Crippen molar-refractivity contribution in [2.24, 2.45) is 5.41 Å². The van der Waals surface area contributed by atoms with Crippen LogP contribution >= 0.6 is 0 Å². The van der Waals surface area contributed by atoms with Gasteiger partial charge in [0.2, 0.25) is 5.91 Å². The van der Waals surface area contributed by atoms with Crippen molar-refractivity contribution in [1.29, 1.82) is 0 Å². The van der Waals surface area contributed by atoms with Crippen molar-refractivity contribution in [3.05, 3.63) is 12.4 Å². The summed E-state index contributed by atoms with van der Waals surface area (Å²) in [5.74, 6) is -0.544. The van der Waals surface area contributed by atoms with Crippen molar-refractivity contribution in [3.8, 4) is 0 Å². The van der Waals surface area contributed by atoms with Crippen LogP contribution in [-0.2, 0) is 4.79 Å². The third kappa shape index (κ3) is 2.26. The van der Waals surface area contributed by atoms with Gasteiger partial charge in [0.1, 0.15) is 5.54 Å². The van der Waals surface area contributed by atoms with Crippen molar-refractivity contribution in [3.63, 3.8) is 0 Å². The molecule has 0 unspecified atom stereocenters. The summed E-state index contributed by atoms with van der Waals surface area (Å²) in [6, 6.07) is 0. The maximum Gasteiger partial charge on any atom is 0.244 e. The smallest absolute Gasteiger partial charge is 0.244 e. The fourth-order valence-corrected chi connectivity index (χ4v) is 2.27. The Morgan fingerprint density at radius 2 is 2.12 bits per heavy atom. The number of halogens is 1. The van der Waals surface area contributed by atoms with Gasteiger partial charge in [-0.1, -0.05) is 27.4 Å². The molecule has 0 bridgehead atoms. The van der Waals surface area contributed by atoms with Gasteiger partial charge in [0.05, 0.1) is 12.0 Å². The number of rotatable bonds is 2. The minimum atomic E-state index is -0.863. The Balaban J connectivity index is 2.95. The highest BCUT2D eigenvalue weighted by molar-refractivity contribution is 5.88. The zero-order valence-electron chi connectivity index (χ0n) is 10.7. The molecular formula is C12H21FN2O. The van der Waals surface area contributed by atoms with E-state index in [2.05, 4.69) is 11.9 Å². The minimum Gasteiger partial charge on any atom is -0.328 e. The van der Waals surface area contributed by atoms with E-state index in [0.29, 0.717) is 0 Å². The topological polar surface area (TPSA) is 32.3 Å². The first-order valence-corrected chi connectivity index (χ1v) is 5.46. The fourth-order valence-electron chi connectivity index (χ4n) is 2.27. The average Bonchev–Trinajstić information content (AvgIpc) is 2.28. The van der Waals surface area contributed by atoms with Crippen LogP contribution in [0.1, 0.15) is 34.1 Å². The Labute approximate surface area is 96.7 Å². The van der Waals surface area contributed by atoms with E-state index in [0.717, 1.165) is 0 Å². The van der Waals surface area contributed by atoms with Gasteiger partial charge in [-0.05, 0) is 12.3 Å². The number of hydrogen-bond donors (Lipinski definition) is 1. The second kappa shape index (κ2) is 3.84. The highest BCUT2D eigenvalue weighted by Gasteiger charge is 2.49. The van der Waals surface area contributed by atoms with Crippen LogP contribution in [0.4, 0.5) is 4.39 Å². The summed E-state index contributed by atoms with van der Waals surface area (Å²) in [6.07, 6.45) is -0.0488. The van der Waals surface area contributed by atoms with E-state index in [1.807, 2.05) is 20.8 Å². The van der Waals surface area contributed by atoms with Crippen LogP contribution in [0.15, 0.2) is 12.4 Å². The predicted octanol–water partition coefficient (Wildman–Crippen LogP) is 2.05. The fraction of sp³-hybridized carbons (Fsp3) is 0.750. The Kier molecular flexibility index (Phi) is 3.16. The Hall–Kier alpha value is -0.900. The third-order valence-corrected chi connectivity index (χ3v) is 3.00. The lowest BCUT2D eigenvalue weighted by Crippen LogP contribution is -2.48. The monoisotopic (exact) mass is 228 g/mol. The van der Waals surface area contributed by atoms with Crippen molar-refractivity contribution in [2.45, 2.75) is 45.8 Å². The first kappa shape index (κ1) is 13.2. The number of carbonyl (C=O) groups excluding carboxylic acids is 1. The lowest BCUT2D eigenvalue weighted by atomic mass is 9.91. The summed E-state index contributed by atoms with van der Waals surface area (Å²) in [7, 11) is 1.75. The van der Waals surface area contributed by atoms with Crippen LogP contribution < -0.4 is 5.32 Å². The molecule has 3 nitrogen and oxygen atoms in total. The van der Waals surface area contributed by atoms with Gasteiger partial charge < -0.3 is 4.90 Å². The average molecular weight is 228 g/mol. The van der Waals surface area contributed by atoms with Crippen LogP contribution in [0.25, 0.3) is 0 Å². The SMILES string of the molecule is C=C(F)C[C@]1(C)N[C@@H](C(C)(C)C)N(C)C1=O. The number of carbonyl (C=O) groups is 1. The zero-order chi connectivity index (χ0) is 12.7. The molecule has 1 aliphatic rings. The molecule has 2 atom stereocenters. The normalized spacial score (nSPS) is 31.0. The molecule has 0 radical (unpaired) electrons. The summed E-state index contributed by atoms with van der Waals surface area (Å²) < 4.78 is 12.9. The van der Waals surface area contributed by atoms with Crippen molar-refractivity contribution in [1.82, 2.24) is 10.2 Å². The predicted molar refractivity (Wildman–Crippen MR) is 62.4 cm³/mol. The first-order chi connectivity index (χ1) is 7.08. The Bertz CT molecular complexity index is 321. The second-order valence-corrected chi connectivity index (χ2v) is 5.86. The van der Waals surface area contributed by atoms with Crippen LogP contribution in [0, 0.1) is 5.41 Å². The van der Waals surface area contributed by atoms with Gasteiger partial charge in [0.15, 0.2) is 0 Å². The lowest BCUT2D eigenvalue weighted by Gasteiger charge is -2.32. The summed E-state index contributed by atoms with van der Waals surface area (Å²) in [6.45, 7) is 11.1. The van der Waals surface area contributed by atoms with E-state index in [1.165, 1.54) is 0 Å². The molecule has 1 amide bonds. The van der Waals surface area contributed by atoms with E-state index in [9.17, 15) is 9.18 Å². The summed E-state index contributed by atoms with van der Waals surface area (Å²) in [5, 5.41) is 3.21. The van der Waals surface area contributed by atoms with E-state index in [1.54, 1.807) is 18.9 Å². The third-order valence-electron chi connectivity index (χ3n) is 3.00. The van der Waals surface area contributed by atoms with Crippen molar-refractivity contribution in [2.75, 3.05) is 7.05 Å². The van der Waals surface area contributed by atoms with Crippen LogP contribution in [0.5, 0.6) is 0 Å². The maximum absolute atomic E-state index is 12.9. The summed E-state index contributed by atoms with van der Waals surface area (Å²) >= 11 is 0. The number of amides is 1. The molecule has 4 heteroatoms. The van der Waals surface area contributed by atoms with Gasteiger partial charge in [-0.15, -0.1) is 0 Å². The van der Waals surface area contributed by atoms with Gasteiger partial charge in [0, 0.05) is 13.5 Å². The molecule has 16 heavy (non-hydrogen) atoms. The van der Waals surface area contributed by atoms with Crippen molar-refractivity contribution < 1.29 is 9.18 Å². The van der Waals surface area contributed by atoms with Gasteiger partial charge in [-0.25, -0.2) is 4.39 Å². The van der Waals surface area contributed by atoms with Crippen molar-refractivity contribution >= 4 is 5.91 Å². The molecule has 1 saturated heterocycles. The Morgan fingerprint density at radius 3 is 2.44 bits per heavy atom. The molecular weight excluding hydrogens is 207 g/mol. The molecule has 0 aliphatic carbocycles. The summed E-state index contributed by atoms with van der Waals surface area (Å²) in [5.41, 5.74) is -0.946. The highest BCUT2D eigenvalue weighted by atomic mass is 19.1. The van der Waals surface area contributed by atoms with E-state index >= 15 is 0 Å². The zero-order valence-corrected chi connectivity index (χ0v) is 10.7. The minimum absolute atomic E-state index is 0.0305. The van der Waals surface area contributed by atoms with Gasteiger partial charge in [-0.3, -0.25) is 10.1 Å². The quantitative estimate of drug-likeness (QED) is 0.784. The molecule has 1 rings (SSSR count). The van der Waals surface area contributed by atoms with Crippen LogP contribution in [0.2, 0.25) is 0 Å². The molecule has 0 spiro atoms. The van der Waals surface area contributed by atoms with Gasteiger partial charge >= 0.3 is 0 Å². The molecule has 1 N–H and O–H groups in total. The molecule has 0 aromatic rings. The van der Waals surface area contributed by atoms with Gasteiger partial charge in [-0.2, -0.15) is 0 Å². The number of nitrogens with one attached hydrogen (secondary N) is 1. The molecule has 0 saturated carbocycles. The second-order valence-electron chi connectivity index (χ2n) is 5.86. The maximum atomic E-state index is 12.9. The number of hydrogen-bond acceptors (Lipinski definition) is 2. The first-order valence-electron chi connectivity index (χ1n) is 5.46. The van der Waals surface area contributed by atoms with Crippen LogP contribution in [-0.4, -0.2) is 29.6 Å². The molecule has 1 heterocycles. The van der Waals surface area contributed by atoms with E-state index < -0.39 is 11.4 Å². The molecule has 92 valence electrons. The largest absolute Gasteiger partial charge is 0.328 e. The number of nitrogens with zero attached hydrogens (tertiary/aromatic N) is 1. The molecule has 1 fully saturated rings. The summed E-state index contributed by atoms with van der Waals surface area (Å²) in [4.78, 5) is 13.7. The van der Waals surface area contributed by atoms with Crippen LogP contribution in [0.3, 0.4) is 0 Å². The molecule has 0 aromatic heterocycles. The molecule has 0 aromatic carbocycles. The Morgan fingerprint density at radius 1 is 1.62 bits per heavy atom. The van der Waals surface area contributed by atoms with E-state index in [4.69, 9.17) is 0 Å². The standard InChI is InChI=1S/C12H21FN2O/c1-8(13)7-12(5)10(16)15(6)9(14-12)11(2,3)4/h9,14H,1,7H2,2-6H3/t9-,12+/m1/s1. The molecule has 1 aliphatic heterocycles. The van der Waals surface area contributed by atoms with Gasteiger partial charge in [0.25, 0.3) is 0 Å². The lowest BCUT2D eigenvalue weighted by molar-refractivity contribution is -0.132. The van der Waals surface area contributed by atoms with E-state index in [-0.39, 0.29) is 23.9 Å².